The molecule has 1 amide bonds. The molecule has 2 aromatic rings. The molecule has 0 aliphatic carbocycles. The van der Waals surface area contributed by atoms with Gasteiger partial charge in [-0.25, -0.2) is 4.68 Å². The maximum Gasteiger partial charge on any atom is 0.251 e. The van der Waals surface area contributed by atoms with Gasteiger partial charge in [0.05, 0.1) is 17.4 Å². The van der Waals surface area contributed by atoms with Crippen molar-refractivity contribution < 1.29 is 9.59 Å². The lowest BCUT2D eigenvalue weighted by atomic mass is 10.1. The van der Waals surface area contributed by atoms with Crippen molar-refractivity contribution in [2.45, 2.75) is 6.92 Å². The van der Waals surface area contributed by atoms with Gasteiger partial charge in [0.2, 0.25) is 0 Å². The van der Waals surface area contributed by atoms with E-state index in [9.17, 15) is 9.59 Å². The van der Waals surface area contributed by atoms with Gasteiger partial charge in [-0.1, -0.05) is 11.6 Å². The van der Waals surface area contributed by atoms with Crippen LogP contribution < -0.4 is 5.73 Å². The highest BCUT2D eigenvalue weighted by Crippen LogP contribution is 2.14. The lowest BCUT2D eigenvalue weighted by Gasteiger charge is -2.05. The number of aromatic nitrogens is 2. The first-order valence-corrected chi connectivity index (χ1v) is 5.02. The third-order valence-corrected chi connectivity index (χ3v) is 2.42. The molecular weight excluding hydrogens is 218 g/mol. The van der Waals surface area contributed by atoms with Crippen LogP contribution in [0.2, 0.25) is 0 Å². The van der Waals surface area contributed by atoms with E-state index in [2.05, 4.69) is 5.10 Å². The molecule has 0 atom stereocenters. The van der Waals surface area contributed by atoms with E-state index in [1.165, 1.54) is 17.1 Å². The Labute approximate surface area is 97.9 Å². The molecule has 5 heteroatoms. The van der Waals surface area contributed by atoms with E-state index in [4.69, 9.17) is 5.73 Å². The second-order valence-corrected chi connectivity index (χ2v) is 3.72. The van der Waals surface area contributed by atoms with Gasteiger partial charge in [0.15, 0.2) is 6.29 Å². The first-order chi connectivity index (χ1) is 8.11. The number of primary amides is 1. The fourth-order valence-corrected chi connectivity index (χ4v) is 1.56. The van der Waals surface area contributed by atoms with Crippen LogP contribution in [0, 0.1) is 6.92 Å². The Morgan fingerprint density at radius 3 is 2.82 bits per heavy atom. The van der Waals surface area contributed by atoms with Gasteiger partial charge in [0.1, 0.15) is 0 Å². The highest BCUT2D eigenvalue weighted by atomic mass is 16.1. The molecule has 5 nitrogen and oxygen atoms in total. The van der Waals surface area contributed by atoms with Crippen molar-refractivity contribution in [3.8, 4) is 5.69 Å². The van der Waals surface area contributed by atoms with Crippen molar-refractivity contribution in [2.75, 3.05) is 0 Å². The fourth-order valence-electron chi connectivity index (χ4n) is 1.56. The first-order valence-electron chi connectivity index (χ1n) is 5.02. The molecule has 1 aromatic carbocycles. The molecule has 2 rings (SSSR count). The summed E-state index contributed by atoms with van der Waals surface area (Å²) >= 11 is 0. The van der Waals surface area contributed by atoms with E-state index in [1.54, 1.807) is 12.1 Å². The van der Waals surface area contributed by atoms with Gasteiger partial charge in [-0.15, -0.1) is 0 Å². The zero-order valence-electron chi connectivity index (χ0n) is 9.25. The topological polar surface area (TPSA) is 78.0 Å². The zero-order valence-corrected chi connectivity index (χ0v) is 9.25. The summed E-state index contributed by atoms with van der Waals surface area (Å²) in [6, 6.07) is 5.40. The summed E-state index contributed by atoms with van der Waals surface area (Å²) in [5, 5.41) is 4.00. The minimum Gasteiger partial charge on any atom is -0.366 e. The number of nitrogens with two attached hydrogens (primary N) is 1. The Bertz CT molecular complexity index is 587. The van der Waals surface area contributed by atoms with Gasteiger partial charge in [-0.2, -0.15) is 5.10 Å². The summed E-state index contributed by atoms with van der Waals surface area (Å²) in [5.41, 5.74) is 7.57. The number of rotatable bonds is 3. The summed E-state index contributed by atoms with van der Waals surface area (Å²) < 4.78 is 1.46. The lowest BCUT2D eigenvalue weighted by Crippen LogP contribution is -2.09. The van der Waals surface area contributed by atoms with Gasteiger partial charge in [-0.05, 0) is 19.1 Å². The fraction of sp³-hybridized carbons (Fsp3) is 0.0833. The van der Waals surface area contributed by atoms with Crippen LogP contribution in [-0.2, 0) is 0 Å². The van der Waals surface area contributed by atoms with Crippen molar-refractivity contribution in [1.29, 1.82) is 0 Å². The maximum atomic E-state index is 11.0. The predicted octanol–water partition coefficient (Wildman–Crippen LogP) is 1.09. The van der Waals surface area contributed by atoms with Crippen molar-refractivity contribution >= 4 is 12.2 Å². The Kier molecular flexibility index (Phi) is 2.74. The molecule has 0 unspecified atom stereocenters. The average Bonchev–Trinajstić information content (AvgIpc) is 2.78. The van der Waals surface area contributed by atoms with Gasteiger partial charge in [0, 0.05) is 11.8 Å². The third kappa shape index (κ3) is 2.08. The Morgan fingerprint density at radius 1 is 1.47 bits per heavy atom. The first kappa shape index (κ1) is 11.1. The van der Waals surface area contributed by atoms with E-state index in [0.717, 1.165) is 11.8 Å². The molecule has 0 saturated heterocycles. The number of amides is 1. The molecular formula is C12H11N3O2. The van der Waals surface area contributed by atoms with Gasteiger partial charge in [0.25, 0.3) is 5.91 Å². The molecule has 0 fully saturated rings. The molecule has 0 bridgehead atoms. The maximum absolute atomic E-state index is 11.0. The highest BCUT2D eigenvalue weighted by Gasteiger charge is 2.08. The Balaban J connectivity index is 2.52. The van der Waals surface area contributed by atoms with Crippen LogP contribution in [0.4, 0.5) is 0 Å². The number of benzene rings is 1. The number of aryl methyl sites for hydroxylation is 1. The number of aldehydes is 1. The minimum atomic E-state index is -0.545. The standard InChI is InChI=1S/C12H11N3O2/c1-8-2-3-11(9(4-8)7-16)15-6-10(5-14-15)12(13)17/h2-7H,1H3,(H2,13,17). The average molecular weight is 229 g/mol. The van der Waals surface area contributed by atoms with Gasteiger partial charge < -0.3 is 5.73 Å². The summed E-state index contributed by atoms with van der Waals surface area (Å²) in [6.45, 7) is 1.90. The van der Waals surface area contributed by atoms with Gasteiger partial charge in [-0.3, -0.25) is 9.59 Å². The molecule has 1 heterocycles. The van der Waals surface area contributed by atoms with Crippen molar-refractivity contribution in [2.24, 2.45) is 5.73 Å². The normalized spacial score (nSPS) is 10.2. The summed E-state index contributed by atoms with van der Waals surface area (Å²) in [7, 11) is 0. The second-order valence-electron chi connectivity index (χ2n) is 3.72. The van der Waals surface area contributed by atoms with Crippen LogP contribution in [0.25, 0.3) is 5.69 Å². The van der Waals surface area contributed by atoms with Crippen molar-refractivity contribution in [3.63, 3.8) is 0 Å². The lowest BCUT2D eigenvalue weighted by molar-refractivity contribution is 0.1000. The highest BCUT2D eigenvalue weighted by molar-refractivity contribution is 5.92. The van der Waals surface area contributed by atoms with Crippen molar-refractivity contribution in [1.82, 2.24) is 9.78 Å². The number of hydrogen-bond donors (Lipinski definition) is 1. The molecule has 0 radical (unpaired) electrons. The third-order valence-electron chi connectivity index (χ3n) is 2.42. The van der Waals surface area contributed by atoms with Crippen LogP contribution in [0.15, 0.2) is 30.6 Å². The Hall–Kier alpha value is -2.43. The van der Waals surface area contributed by atoms with Crippen LogP contribution >= 0.6 is 0 Å². The Morgan fingerprint density at radius 2 is 2.24 bits per heavy atom. The molecule has 86 valence electrons. The molecule has 0 saturated carbocycles. The molecule has 2 N–H and O–H groups in total. The predicted molar refractivity (Wildman–Crippen MR) is 62.2 cm³/mol. The number of carbonyl (C=O) groups is 2. The summed E-state index contributed by atoms with van der Waals surface area (Å²) in [6.07, 6.45) is 3.63. The summed E-state index contributed by atoms with van der Waals surface area (Å²) in [4.78, 5) is 21.9. The van der Waals surface area contributed by atoms with Crippen LogP contribution in [0.3, 0.4) is 0 Å². The summed E-state index contributed by atoms with van der Waals surface area (Å²) in [5.74, 6) is -0.545. The monoisotopic (exact) mass is 229 g/mol. The molecule has 0 spiro atoms. The van der Waals surface area contributed by atoms with E-state index >= 15 is 0 Å². The SMILES string of the molecule is Cc1ccc(-n2cc(C(N)=O)cn2)c(C=O)c1. The number of carbonyl (C=O) groups excluding carboxylic acids is 2. The molecule has 17 heavy (non-hydrogen) atoms. The second kappa shape index (κ2) is 4.21. The smallest absolute Gasteiger partial charge is 0.251 e. The number of nitrogens with zero attached hydrogens (tertiary/aromatic N) is 2. The largest absolute Gasteiger partial charge is 0.366 e. The molecule has 0 aliphatic rings. The quantitative estimate of drug-likeness (QED) is 0.800. The van der Waals surface area contributed by atoms with E-state index in [0.29, 0.717) is 16.8 Å². The van der Waals surface area contributed by atoms with E-state index < -0.39 is 5.91 Å². The van der Waals surface area contributed by atoms with Crippen LogP contribution in [0.5, 0.6) is 0 Å². The minimum absolute atomic E-state index is 0.308. The van der Waals surface area contributed by atoms with E-state index in [1.807, 2.05) is 13.0 Å². The van der Waals surface area contributed by atoms with Crippen LogP contribution in [0.1, 0.15) is 26.3 Å². The molecule has 1 aromatic heterocycles. The number of hydrogen-bond acceptors (Lipinski definition) is 3. The van der Waals surface area contributed by atoms with Crippen LogP contribution in [-0.4, -0.2) is 22.0 Å². The van der Waals surface area contributed by atoms with E-state index in [-0.39, 0.29) is 0 Å². The van der Waals surface area contributed by atoms with Crippen molar-refractivity contribution in [3.05, 3.63) is 47.3 Å². The van der Waals surface area contributed by atoms with Gasteiger partial charge >= 0.3 is 0 Å². The molecule has 0 aliphatic heterocycles. The zero-order chi connectivity index (χ0) is 12.4.